The van der Waals surface area contributed by atoms with Crippen LogP contribution in [-0.4, -0.2) is 10.5 Å². The Morgan fingerprint density at radius 2 is 1.56 bits per heavy atom. The Morgan fingerprint density at radius 1 is 1.00 bits per heavy atom. The van der Waals surface area contributed by atoms with E-state index in [1.165, 1.54) is 11.8 Å². The van der Waals surface area contributed by atoms with E-state index in [9.17, 15) is 4.79 Å². The van der Waals surface area contributed by atoms with Crippen LogP contribution in [0.25, 0.3) is 0 Å². The quantitative estimate of drug-likeness (QED) is 0.596. The second kappa shape index (κ2) is 6.47. The van der Waals surface area contributed by atoms with Gasteiger partial charge in [-0.15, -0.1) is 11.8 Å². The van der Waals surface area contributed by atoms with Gasteiger partial charge in [-0.1, -0.05) is 72.9 Å². The van der Waals surface area contributed by atoms with Crippen LogP contribution in [0.1, 0.15) is 21.2 Å². The van der Waals surface area contributed by atoms with Gasteiger partial charge in [0.2, 0.25) is 0 Å². The summed E-state index contributed by atoms with van der Waals surface area (Å²) in [5.74, 6) is 0.0906. The average Bonchev–Trinajstić information content (AvgIpc) is 2.46. The summed E-state index contributed by atoms with van der Waals surface area (Å²) >= 11 is 6.26. The number of hydrogen-bond donors (Lipinski definition) is 0. The zero-order valence-corrected chi connectivity index (χ0v) is 11.3. The number of benzene rings is 2. The monoisotopic (exact) mass is 272 g/mol. The molecule has 2 aromatic carbocycles. The second-order valence-electron chi connectivity index (χ2n) is 3.75. The van der Waals surface area contributed by atoms with Crippen molar-refractivity contribution in [3.8, 4) is 0 Å². The molecule has 0 saturated carbocycles. The summed E-state index contributed by atoms with van der Waals surface area (Å²) in [6, 6.07) is 19.0. The number of carbonyl (C=O) groups excluding carboxylic acids is 1. The SMILES string of the molecule is O=C(c1ccccc1)C(SC=S)c1ccccc1. The molecule has 1 nitrogen and oxygen atoms in total. The molecule has 0 spiro atoms. The molecule has 0 bridgehead atoms. The molecule has 18 heavy (non-hydrogen) atoms. The minimum Gasteiger partial charge on any atom is -0.293 e. The van der Waals surface area contributed by atoms with E-state index in [0.717, 1.165) is 11.1 Å². The highest BCUT2D eigenvalue weighted by molar-refractivity contribution is 8.21. The van der Waals surface area contributed by atoms with Gasteiger partial charge in [-0.2, -0.15) is 0 Å². The molecule has 0 aromatic heterocycles. The van der Waals surface area contributed by atoms with Crippen LogP contribution in [0, 0.1) is 0 Å². The molecule has 1 atom stereocenters. The van der Waals surface area contributed by atoms with Crippen molar-refractivity contribution in [2.24, 2.45) is 0 Å². The van der Waals surface area contributed by atoms with Gasteiger partial charge in [0.25, 0.3) is 0 Å². The lowest BCUT2D eigenvalue weighted by atomic mass is 10.0. The molecule has 0 N–H and O–H groups in total. The number of ketones is 1. The Kier molecular flexibility index (Phi) is 4.67. The number of thioether (sulfide) groups is 1. The number of Topliss-reactive ketones (excluding diaryl/α,β-unsaturated/α-hetero) is 1. The molecule has 0 aliphatic carbocycles. The van der Waals surface area contributed by atoms with Crippen molar-refractivity contribution in [1.29, 1.82) is 0 Å². The molecule has 0 fully saturated rings. The summed E-state index contributed by atoms with van der Waals surface area (Å²) in [6.07, 6.45) is 0. The lowest BCUT2D eigenvalue weighted by molar-refractivity contribution is 0.0990. The molecule has 3 heteroatoms. The molecule has 1 unspecified atom stereocenters. The Labute approximate surface area is 116 Å². The second-order valence-corrected chi connectivity index (χ2v) is 5.27. The molecule has 0 saturated heterocycles. The normalized spacial score (nSPS) is 11.8. The van der Waals surface area contributed by atoms with Gasteiger partial charge in [-0.05, 0) is 5.56 Å². The smallest absolute Gasteiger partial charge is 0.180 e. The Balaban J connectivity index is 2.32. The van der Waals surface area contributed by atoms with Crippen molar-refractivity contribution in [3.63, 3.8) is 0 Å². The first kappa shape index (κ1) is 13.0. The summed E-state index contributed by atoms with van der Waals surface area (Å²) in [7, 11) is 0. The van der Waals surface area contributed by atoms with Crippen LogP contribution >= 0.6 is 24.0 Å². The summed E-state index contributed by atoms with van der Waals surface area (Å²) in [6.45, 7) is 0. The molecular formula is C15H12OS2. The fourth-order valence-corrected chi connectivity index (χ4v) is 2.75. The van der Waals surface area contributed by atoms with Crippen molar-refractivity contribution in [1.82, 2.24) is 0 Å². The van der Waals surface area contributed by atoms with Crippen LogP contribution in [0.3, 0.4) is 0 Å². The maximum Gasteiger partial charge on any atom is 0.180 e. The van der Waals surface area contributed by atoms with Gasteiger partial charge in [0.1, 0.15) is 0 Å². The van der Waals surface area contributed by atoms with Crippen LogP contribution < -0.4 is 0 Å². The van der Waals surface area contributed by atoms with Crippen LogP contribution in [0.5, 0.6) is 0 Å². The first-order chi connectivity index (χ1) is 8.83. The van der Waals surface area contributed by atoms with Crippen LogP contribution in [-0.2, 0) is 0 Å². The standard InChI is InChI=1S/C15H12OS2/c16-14(12-7-3-1-4-8-12)15(18-11-17)13-9-5-2-6-10-13/h1-11,15H. The van der Waals surface area contributed by atoms with E-state index in [1.807, 2.05) is 60.7 Å². The maximum atomic E-state index is 12.4. The Hall–Kier alpha value is -1.45. The van der Waals surface area contributed by atoms with E-state index >= 15 is 0 Å². The van der Waals surface area contributed by atoms with Gasteiger partial charge in [0, 0.05) is 10.3 Å². The van der Waals surface area contributed by atoms with Crippen molar-refractivity contribution in [2.45, 2.75) is 5.25 Å². The first-order valence-corrected chi connectivity index (χ1v) is 6.97. The number of rotatable bonds is 5. The fourth-order valence-electron chi connectivity index (χ4n) is 1.73. The third-order valence-electron chi connectivity index (χ3n) is 2.59. The third-order valence-corrected chi connectivity index (χ3v) is 3.79. The van der Waals surface area contributed by atoms with E-state index in [2.05, 4.69) is 0 Å². The highest BCUT2D eigenvalue weighted by Gasteiger charge is 2.21. The predicted octanol–water partition coefficient (Wildman–Crippen LogP) is 4.30. The zero-order valence-electron chi connectivity index (χ0n) is 9.65. The molecular weight excluding hydrogens is 260 g/mol. The minimum absolute atomic E-state index is 0.0906. The van der Waals surface area contributed by atoms with Gasteiger partial charge < -0.3 is 0 Å². The van der Waals surface area contributed by atoms with Gasteiger partial charge in [-0.3, -0.25) is 4.79 Å². The van der Waals surface area contributed by atoms with E-state index < -0.39 is 0 Å². The van der Waals surface area contributed by atoms with Gasteiger partial charge >= 0.3 is 0 Å². The maximum absolute atomic E-state index is 12.4. The molecule has 2 rings (SSSR count). The lowest BCUT2D eigenvalue weighted by Crippen LogP contribution is -2.09. The van der Waals surface area contributed by atoms with Crippen molar-refractivity contribution in [3.05, 3.63) is 71.8 Å². The van der Waals surface area contributed by atoms with Crippen molar-refractivity contribution >= 4 is 34.5 Å². The third kappa shape index (κ3) is 3.06. The molecule has 0 aliphatic rings. The van der Waals surface area contributed by atoms with E-state index in [-0.39, 0.29) is 11.0 Å². The highest BCUT2D eigenvalue weighted by atomic mass is 32.2. The number of thiocarbonyl (C=S) groups is 1. The first-order valence-electron chi connectivity index (χ1n) is 5.56. The summed E-state index contributed by atoms with van der Waals surface area (Å²) < 4.78 is 1.55. The number of carbonyl (C=O) groups is 1. The molecule has 0 radical (unpaired) electrons. The largest absolute Gasteiger partial charge is 0.293 e. The van der Waals surface area contributed by atoms with E-state index in [4.69, 9.17) is 12.2 Å². The topological polar surface area (TPSA) is 17.1 Å². The molecule has 90 valence electrons. The molecule has 0 heterocycles. The lowest BCUT2D eigenvalue weighted by Gasteiger charge is -2.13. The summed E-state index contributed by atoms with van der Waals surface area (Å²) in [5.41, 5.74) is 1.70. The van der Waals surface area contributed by atoms with Gasteiger partial charge in [0.15, 0.2) is 5.78 Å². The average molecular weight is 272 g/mol. The predicted molar refractivity (Wildman–Crippen MR) is 81.2 cm³/mol. The minimum atomic E-state index is -0.258. The van der Waals surface area contributed by atoms with E-state index in [1.54, 1.807) is 4.70 Å². The Morgan fingerprint density at radius 3 is 2.11 bits per heavy atom. The van der Waals surface area contributed by atoms with Crippen molar-refractivity contribution < 1.29 is 4.79 Å². The molecule has 0 aliphatic heterocycles. The highest BCUT2D eigenvalue weighted by Crippen LogP contribution is 2.30. The van der Waals surface area contributed by atoms with Crippen molar-refractivity contribution in [2.75, 3.05) is 0 Å². The van der Waals surface area contributed by atoms with Crippen LogP contribution in [0.2, 0.25) is 0 Å². The summed E-state index contributed by atoms with van der Waals surface area (Å²) in [4.78, 5) is 12.4. The van der Waals surface area contributed by atoms with Crippen LogP contribution in [0.4, 0.5) is 0 Å². The molecule has 0 amide bonds. The summed E-state index contributed by atoms with van der Waals surface area (Å²) in [5, 5.41) is -0.258. The molecule has 2 aromatic rings. The zero-order chi connectivity index (χ0) is 12.8. The van der Waals surface area contributed by atoms with Crippen LogP contribution in [0.15, 0.2) is 60.7 Å². The van der Waals surface area contributed by atoms with Gasteiger partial charge in [0.05, 0.1) is 5.25 Å². The fraction of sp³-hybridized carbons (Fsp3) is 0.0667. The Bertz CT molecular complexity index is 523. The van der Waals surface area contributed by atoms with E-state index in [0.29, 0.717) is 0 Å². The van der Waals surface area contributed by atoms with Gasteiger partial charge in [-0.25, -0.2) is 0 Å². The number of hydrogen-bond acceptors (Lipinski definition) is 3.